The predicted octanol–water partition coefficient (Wildman–Crippen LogP) is 3.10. The highest BCUT2D eigenvalue weighted by molar-refractivity contribution is 7.10. The van der Waals surface area contributed by atoms with Crippen LogP contribution in [0.25, 0.3) is 0 Å². The molecule has 0 bridgehead atoms. The number of rotatable bonds is 6. The lowest BCUT2D eigenvalue weighted by Gasteiger charge is -2.07. The number of halogens is 1. The number of para-hydroxylation sites is 2. The molecule has 0 aliphatic rings. The molecular formula is C12H10ClN5O2S. The predicted molar refractivity (Wildman–Crippen MR) is 81.9 cm³/mol. The molecule has 7 nitrogen and oxygen atoms in total. The summed E-state index contributed by atoms with van der Waals surface area (Å²) in [7, 11) is 0. The van der Waals surface area contributed by atoms with Gasteiger partial charge in [-0.15, -0.1) is 0 Å². The maximum Gasteiger partial charge on any atom is 0.292 e. The zero-order chi connectivity index (χ0) is 15.2. The van der Waals surface area contributed by atoms with Gasteiger partial charge in [-0.25, -0.2) is 0 Å². The van der Waals surface area contributed by atoms with Crippen molar-refractivity contribution in [3.63, 3.8) is 0 Å². The Kier molecular flexibility index (Phi) is 4.92. The number of nitro benzene ring substituents is 1. The monoisotopic (exact) mass is 323 g/mol. The molecule has 21 heavy (non-hydrogen) atoms. The highest BCUT2D eigenvalue weighted by Gasteiger charge is 2.12. The molecule has 2 aromatic rings. The molecule has 108 valence electrons. The molecule has 0 aliphatic heterocycles. The first-order valence-electron chi connectivity index (χ1n) is 5.90. The van der Waals surface area contributed by atoms with Gasteiger partial charge < -0.3 is 10.6 Å². The van der Waals surface area contributed by atoms with Crippen molar-refractivity contribution in [2.24, 2.45) is 0 Å². The van der Waals surface area contributed by atoms with Crippen LogP contribution >= 0.6 is 23.1 Å². The van der Waals surface area contributed by atoms with E-state index in [1.165, 1.54) is 6.07 Å². The summed E-state index contributed by atoms with van der Waals surface area (Å²) in [6.07, 6.45) is 0. The van der Waals surface area contributed by atoms with Gasteiger partial charge in [0, 0.05) is 19.2 Å². The standard InChI is InChI=1S/C12H10ClN5O2S/c13-11-8(7-14)12(21-17-11)16-6-5-15-9-3-1-2-4-10(9)18(19)20/h1-4,15-16H,5-6H2. The minimum Gasteiger partial charge on any atom is -0.378 e. The van der Waals surface area contributed by atoms with E-state index in [1.54, 1.807) is 18.2 Å². The van der Waals surface area contributed by atoms with Gasteiger partial charge in [0.1, 0.15) is 22.3 Å². The maximum atomic E-state index is 10.9. The highest BCUT2D eigenvalue weighted by Crippen LogP contribution is 2.27. The lowest BCUT2D eigenvalue weighted by Crippen LogP contribution is -2.14. The average molecular weight is 324 g/mol. The van der Waals surface area contributed by atoms with Crippen LogP contribution in [0.1, 0.15) is 5.56 Å². The molecule has 2 N–H and O–H groups in total. The molecule has 2 rings (SSSR count). The van der Waals surface area contributed by atoms with E-state index in [0.717, 1.165) is 11.5 Å². The van der Waals surface area contributed by atoms with Gasteiger partial charge in [-0.3, -0.25) is 10.1 Å². The van der Waals surface area contributed by atoms with Gasteiger partial charge in [0.15, 0.2) is 5.15 Å². The van der Waals surface area contributed by atoms with Gasteiger partial charge in [-0.05, 0) is 17.6 Å². The van der Waals surface area contributed by atoms with E-state index in [4.69, 9.17) is 16.9 Å². The van der Waals surface area contributed by atoms with Gasteiger partial charge in [0.25, 0.3) is 5.69 Å². The van der Waals surface area contributed by atoms with Crippen LogP contribution in [-0.2, 0) is 0 Å². The molecule has 1 aromatic carbocycles. The molecule has 0 spiro atoms. The second kappa shape index (κ2) is 6.88. The quantitative estimate of drug-likeness (QED) is 0.481. The molecule has 0 amide bonds. The Hall–Kier alpha value is -2.37. The second-order valence-corrected chi connectivity index (χ2v) is 5.05. The van der Waals surface area contributed by atoms with E-state index in [1.807, 2.05) is 6.07 Å². The van der Waals surface area contributed by atoms with Crippen molar-refractivity contribution in [3.8, 4) is 6.07 Å². The fourth-order valence-electron chi connectivity index (χ4n) is 1.64. The van der Waals surface area contributed by atoms with Crippen molar-refractivity contribution in [1.82, 2.24) is 4.37 Å². The molecule has 0 aliphatic carbocycles. The molecule has 0 unspecified atom stereocenters. The Balaban J connectivity index is 1.91. The number of nitriles is 1. The van der Waals surface area contributed by atoms with Crippen molar-refractivity contribution < 1.29 is 4.92 Å². The molecule has 0 saturated carbocycles. The summed E-state index contributed by atoms with van der Waals surface area (Å²) in [6, 6.07) is 8.38. The topological polar surface area (TPSA) is 104 Å². The Morgan fingerprint density at radius 3 is 2.81 bits per heavy atom. The van der Waals surface area contributed by atoms with Crippen LogP contribution in [0.5, 0.6) is 0 Å². The maximum absolute atomic E-state index is 10.9. The van der Waals surface area contributed by atoms with Gasteiger partial charge in [0.2, 0.25) is 0 Å². The van der Waals surface area contributed by atoms with Crippen LogP contribution < -0.4 is 10.6 Å². The van der Waals surface area contributed by atoms with Crippen LogP contribution in [0.4, 0.5) is 16.4 Å². The molecule has 0 radical (unpaired) electrons. The first-order valence-corrected chi connectivity index (χ1v) is 7.05. The zero-order valence-corrected chi connectivity index (χ0v) is 12.2. The number of anilines is 2. The number of nitro groups is 1. The number of aromatic nitrogens is 1. The fourth-order valence-corrected chi connectivity index (χ4v) is 2.60. The number of hydrogen-bond acceptors (Lipinski definition) is 7. The van der Waals surface area contributed by atoms with Gasteiger partial charge in [-0.2, -0.15) is 9.64 Å². The summed E-state index contributed by atoms with van der Waals surface area (Å²) in [4.78, 5) is 10.4. The molecule has 9 heteroatoms. The highest BCUT2D eigenvalue weighted by atomic mass is 35.5. The molecular weight excluding hydrogens is 314 g/mol. The molecule has 1 heterocycles. The van der Waals surface area contributed by atoms with Gasteiger partial charge in [0.05, 0.1) is 4.92 Å². The smallest absolute Gasteiger partial charge is 0.292 e. The van der Waals surface area contributed by atoms with E-state index >= 15 is 0 Å². The van der Waals surface area contributed by atoms with E-state index in [-0.39, 0.29) is 10.8 Å². The van der Waals surface area contributed by atoms with Crippen molar-refractivity contribution in [3.05, 3.63) is 45.1 Å². The first-order chi connectivity index (χ1) is 10.1. The van der Waals surface area contributed by atoms with Crippen molar-refractivity contribution >= 4 is 39.5 Å². The lowest BCUT2D eigenvalue weighted by molar-refractivity contribution is -0.384. The van der Waals surface area contributed by atoms with Crippen LogP contribution in [0.3, 0.4) is 0 Å². The fraction of sp³-hybridized carbons (Fsp3) is 0.167. The summed E-state index contributed by atoms with van der Waals surface area (Å²) >= 11 is 6.86. The van der Waals surface area contributed by atoms with E-state index < -0.39 is 4.92 Å². The van der Waals surface area contributed by atoms with Crippen LogP contribution in [-0.4, -0.2) is 22.4 Å². The molecule has 0 fully saturated rings. The van der Waals surface area contributed by atoms with E-state index in [0.29, 0.717) is 29.3 Å². The van der Waals surface area contributed by atoms with Crippen molar-refractivity contribution in [1.29, 1.82) is 5.26 Å². The van der Waals surface area contributed by atoms with E-state index in [9.17, 15) is 10.1 Å². The Morgan fingerprint density at radius 1 is 1.38 bits per heavy atom. The van der Waals surface area contributed by atoms with Crippen LogP contribution in [0, 0.1) is 21.4 Å². The van der Waals surface area contributed by atoms with Gasteiger partial charge >= 0.3 is 0 Å². The normalized spacial score (nSPS) is 9.90. The molecule has 0 atom stereocenters. The lowest BCUT2D eigenvalue weighted by atomic mass is 10.2. The third kappa shape index (κ3) is 3.59. The number of hydrogen-bond donors (Lipinski definition) is 2. The SMILES string of the molecule is N#Cc1c(Cl)nsc1NCCNc1ccccc1[N+](=O)[O-]. The van der Waals surface area contributed by atoms with Crippen LogP contribution in [0.15, 0.2) is 24.3 Å². The first kappa shape index (κ1) is 15.0. The van der Waals surface area contributed by atoms with Crippen LogP contribution in [0.2, 0.25) is 5.15 Å². The van der Waals surface area contributed by atoms with E-state index in [2.05, 4.69) is 15.0 Å². The largest absolute Gasteiger partial charge is 0.378 e. The molecule has 0 saturated heterocycles. The third-order valence-electron chi connectivity index (χ3n) is 2.59. The second-order valence-electron chi connectivity index (χ2n) is 3.92. The number of benzene rings is 1. The molecule has 1 aromatic heterocycles. The third-order valence-corrected chi connectivity index (χ3v) is 3.77. The summed E-state index contributed by atoms with van der Waals surface area (Å²) in [5, 5.41) is 26.5. The minimum absolute atomic E-state index is 0.0241. The number of nitrogens with zero attached hydrogens (tertiary/aromatic N) is 3. The van der Waals surface area contributed by atoms with Gasteiger partial charge in [-0.1, -0.05) is 23.7 Å². The zero-order valence-electron chi connectivity index (χ0n) is 10.7. The Morgan fingerprint density at radius 2 is 2.10 bits per heavy atom. The minimum atomic E-state index is -0.438. The van der Waals surface area contributed by atoms with Crippen molar-refractivity contribution in [2.75, 3.05) is 23.7 Å². The summed E-state index contributed by atoms with van der Waals surface area (Å²) in [6.45, 7) is 0.921. The summed E-state index contributed by atoms with van der Waals surface area (Å²) < 4.78 is 3.87. The Bertz CT molecular complexity index is 697. The Labute approximate surface area is 129 Å². The average Bonchev–Trinajstić information content (AvgIpc) is 2.84. The summed E-state index contributed by atoms with van der Waals surface area (Å²) in [5.41, 5.74) is 0.788. The van der Waals surface area contributed by atoms with Crippen molar-refractivity contribution in [2.45, 2.75) is 0 Å². The number of nitrogens with one attached hydrogen (secondary N) is 2. The summed E-state index contributed by atoms with van der Waals surface area (Å²) in [5.74, 6) is 0.